The molecule has 1 saturated heterocycles. The molecule has 1 aliphatic heterocycles. The lowest BCUT2D eigenvalue weighted by Crippen LogP contribution is -2.44. The van der Waals surface area contributed by atoms with Crippen LogP contribution >= 0.6 is 0 Å². The normalized spacial score (nSPS) is 15.4. The number of allylic oxidation sites excluding steroid dienone is 1. The molecule has 5 aromatic rings. The minimum absolute atomic E-state index is 0.147. The lowest BCUT2D eigenvalue weighted by Gasteiger charge is -2.34. The fourth-order valence-electron chi connectivity index (χ4n) is 5.45. The Morgan fingerprint density at radius 1 is 0.897 bits per heavy atom. The molecule has 6 rings (SSSR count). The minimum Gasteiger partial charge on any atom is -0.369 e. The molecule has 39 heavy (non-hydrogen) atoms. The van der Waals surface area contributed by atoms with Crippen molar-refractivity contribution in [2.24, 2.45) is 0 Å². The summed E-state index contributed by atoms with van der Waals surface area (Å²) in [5, 5.41) is 1.90. The Bertz CT molecular complexity index is 1670. The van der Waals surface area contributed by atoms with Crippen LogP contribution in [0.5, 0.6) is 0 Å². The van der Waals surface area contributed by atoms with Crippen LogP contribution in [0.4, 0.5) is 18.9 Å². The SMILES string of the molecule is C/C(=C\c1ccccc1C(F)(F)F)c1ccnc2[nH]c3ccc(-c4ccc(N5CCN(C)CC5)cc4)cc3c12. The molecule has 3 aromatic carbocycles. The highest BCUT2D eigenvalue weighted by Gasteiger charge is 2.32. The number of aromatic amines is 1. The number of H-pyrrole nitrogens is 1. The average molecular weight is 527 g/mol. The molecule has 1 aliphatic rings. The first-order valence-corrected chi connectivity index (χ1v) is 13.1. The van der Waals surface area contributed by atoms with Crippen LogP contribution in [0.1, 0.15) is 23.6 Å². The number of nitrogens with one attached hydrogen (secondary N) is 1. The summed E-state index contributed by atoms with van der Waals surface area (Å²) in [7, 11) is 2.15. The maximum absolute atomic E-state index is 13.6. The predicted octanol–water partition coefficient (Wildman–Crippen LogP) is 7.71. The number of benzene rings is 3. The van der Waals surface area contributed by atoms with Gasteiger partial charge in [0.15, 0.2) is 0 Å². The Balaban J connectivity index is 1.39. The number of fused-ring (bicyclic) bond motifs is 3. The Morgan fingerprint density at radius 2 is 1.62 bits per heavy atom. The number of anilines is 1. The maximum atomic E-state index is 13.6. The van der Waals surface area contributed by atoms with E-state index < -0.39 is 11.7 Å². The lowest BCUT2D eigenvalue weighted by molar-refractivity contribution is -0.137. The van der Waals surface area contributed by atoms with Crippen LogP contribution < -0.4 is 4.90 Å². The van der Waals surface area contributed by atoms with Crippen LogP contribution in [0.25, 0.3) is 44.7 Å². The van der Waals surface area contributed by atoms with Crippen molar-refractivity contribution in [1.29, 1.82) is 0 Å². The number of pyridine rings is 1. The second-order valence-electron chi connectivity index (χ2n) is 10.2. The number of hydrogen-bond acceptors (Lipinski definition) is 3. The first-order valence-electron chi connectivity index (χ1n) is 13.1. The van der Waals surface area contributed by atoms with Crippen molar-refractivity contribution in [2.75, 3.05) is 38.1 Å². The predicted molar refractivity (Wildman–Crippen MR) is 154 cm³/mol. The van der Waals surface area contributed by atoms with E-state index in [-0.39, 0.29) is 5.56 Å². The molecule has 7 heteroatoms. The van der Waals surface area contributed by atoms with E-state index in [4.69, 9.17) is 0 Å². The Labute approximate surface area is 225 Å². The molecule has 0 aliphatic carbocycles. The van der Waals surface area contributed by atoms with Gasteiger partial charge >= 0.3 is 6.18 Å². The lowest BCUT2D eigenvalue weighted by atomic mass is 9.97. The molecule has 0 bridgehead atoms. The topological polar surface area (TPSA) is 35.2 Å². The third kappa shape index (κ3) is 4.90. The zero-order chi connectivity index (χ0) is 27.1. The van der Waals surface area contributed by atoms with Crippen molar-refractivity contribution in [3.8, 4) is 11.1 Å². The van der Waals surface area contributed by atoms with Crippen molar-refractivity contribution in [3.05, 3.63) is 95.7 Å². The van der Waals surface area contributed by atoms with Gasteiger partial charge in [-0.1, -0.05) is 42.5 Å². The van der Waals surface area contributed by atoms with Gasteiger partial charge in [0.25, 0.3) is 0 Å². The van der Waals surface area contributed by atoms with Crippen molar-refractivity contribution in [2.45, 2.75) is 13.1 Å². The van der Waals surface area contributed by atoms with Gasteiger partial charge in [-0.15, -0.1) is 0 Å². The van der Waals surface area contributed by atoms with E-state index in [0.29, 0.717) is 5.65 Å². The largest absolute Gasteiger partial charge is 0.416 e. The standard InChI is InChI=1S/C32H29F3N4/c1-21(19-24-5-3-4-6-28(24)32(33,34)35)26-13-14-36-31-30(26)27-20-23(9-12-29(27)37-31)22-7-10-25(11-8-22)39-17-15-38(2)16-18-39/h3-14,19-20H,15-18H2,1-2H3,(H,36,37)/b21-19+. The van der Waals surface area contributed by atoms with Gasteiger partial charge in [0.1, 0.15) is 5.65 Å². The van der Waals surface area contributed by atoms with E-state index in [0.717, 1.165) is 70.8 Å². The Hall–Kier alpha value is -4.10. The van der Waals surface area contributed by atoms with Gasteiger partial charge in [-0.3, -0.25) is 0 Å². The monoisotopic (exact) mass is 526 g/mol. The van der Waals surface area contributed by atoms with E-state index >= 15 is 0 Å². The Kier molecular flexibility index (Phi) is 6.39. The van der Waals surface area contributed by atoms with Crippen LogP contribution in [0.3, 0.4) is 0 Å². The number of likely N-dealkylation sites (N-methyl/N-ethyl adjacent to an activating group) is 1. The molecule has 0 radical (unpaired) electrons. The highest BCUT2D eigenvalue weighted by Crippen LogP contribution is 2.37. The van der Waals surface area contributed by atoms with Crippen molar-refractivity contribution in [3.63, 3.8) is 0 Å². The Morgan fingerprint density at radius 3 is 2.36 bits per heavy atom. The van der Waals surface area contributed by atoms with Crippen LogP contribution in [0.15, 0.2) is 79.0 Å². The molecule has 198 valence electrons. The molecule has 1 fully saturated rings. The summed E-state index contributed by atoms with van der Waals surface area (Å²) >= 11 is 0. The van der Waals surface area contributed by atoms with Crippen LogP contribution in [-0.2, 0) is 6.18 Å². The molecule has 0 unspecified atom stereocenters. The summed E-state index contributed by atoms with van der Waals surface area (Å²) in [6.07, 6.45) is -1.12. The van der Waals surface area contributed by atoms with Gasteiger partial charge < -0.3 is 14.8 Å². The van der Waals surface area contributed by atoms with Gasteiger partial charge in [0, 0.05) is 54.4 Å². The van der Waals surface area contributed by atoms with Crippen molar-refractivity contribution in [1.82, 2.24) is 14.9 Å². The molecule has 4 nitrogen and oxygen atoms in total. The van der Waals surface area contributed by atoms with Gasteiger partial charge in [0.2, 0.25) is 0 Å². The smallest absolute Gasteiger partial charge is 0.369 e. The molecule has 0 amide bonds. The molecule has 3 heterocycles. The summed E-state index contributed by atoms with van der Waals surface area (Å²) in [6, 6.07) is 22.5. The molecule has 2 aromatic heterocycles. The number of hydrogen-bond donors (Lipinski definition) is 1. The van der Waals surface area contributed by atoms with E-state index in [1.54, 1.807) is 18.3 Å². The number of nitrogens with zero attached hydrogens (tertiary/aromatic N) is 3. The molecule has 1 N–H and O–H groups in total. The van der Waals surface area contributed by atoms with Crippen LogP contribution in [0, 0.1) is 0 Å². The summed E-state index contributed by atoms with van der Waals surface area (Å²) in [4.78, 5) is 12.7. The molecular formula is C32H29F3N4. The second-order valence-corrected chi connectivity index (χ2v) is 10.2. The van der Waals surface area contributed by atoms with Crippen LogP contribution in [0.2, 0.25) is 0 Å². The number of alkyl halides is 3. The van der Waals surface area contributed by atoms with Crippen LogP contribution in [-0.4, -0.2) is 48.1 Å². The number of aromatic nitrogens is 2. The van der Waals surface area contributed by atoms with Crippen molar-refractivity contribution < 1.29 is 13.2 Å². The summed E-state index contributed by atoms with van der Waals surface area (Å²) < 4.78 is 40.8. The van der Waals surface area contributed by atoms with Gasteiger partial charge in [0.05, 0.1) is 5.56 Å². The summed E-state index contributed by atoms with van der Waals surface area (Å²) in [6.45, 7) is 6.01. The molecule has 0 atom stereocenters. The molecule has 0 spiro atoms. The number of halogens is 3. The second kappa shape index (κ2) is 9.89. The first-order chi connectivity index (χ1) is 18.8. The highest BCUT2D eigenvalue weighted by atomic mass is 19.4. The number of rotatable bonds is 4. The van der Waals surface area contributed by atoms with E-state index in [2.05, 4.69) is 63.2 Å². The van der Waals surface area contributed by atoms with E-state index in [1.165, 1.54) is 17.8 Å². The maximum Gasteiger partial charge on any atom is 0.416 e. The zero-order valence-corrected chi connectivity index (χ0v) is 21.9. The third-order valence-corrected chi connectivity index (χ3v) is 7.63. The molecule has 0 saturated carbocycles. The zero-order valence-electron chi connectivity index (χ0n) is 21.9. The quantitative estimate of drug-likeness (QED) is 0.260. The van der Waals surface area contributed by atoms with Gasteiger partial charge in [-0.25, -0.2) is 4.98 Å². The summed E-state index contributed by atoms with van der Waals surface area (Å²) in [5.74, 6) is 0. The number of piperazine rings is 1. The molecular weight excluding hydrogens is 497 g/mol. The average Bonchev–Trinajstić information content (AvgIpc) is 3.31. The van der Waals surface area contributed by atoms with Gasteiger partial charge in [-0.2, -0.15) is 13.2 Å². The fraction of sp³-hybridized carbons (Fsp3) is 0.219. The minimum atomic E-state index is -4.42. The highest BCUT2D eigenvalue weighted by molar-refractivity contribution is 6.12. The van der Waals surface area contributed by atoms with Gasteiger partial charge in [-0.05, 0) is 78.2 Å². The fourth-order valence-corrected chi connectivity index (χ4v) is 5.45. The van der Waals surface area contributed by atoms with E-state index in [1.807, 2.05) is 19.1 Å². The third-order valence-electron chi connectivity index (χ3n) is 7.63. The van der Waals surface area contributed by atoms with E-state index in [9.17, 15) is 13.2 Å². The van der Waals surface area contributed by atoms with Crippen molar-refractivity contribution >= 4 is 39.3 Å². The summed E-state index contributed by atoms with van der Waals surface area (Å²) in [5.41, 5.74) is 6.16. The first kappa shape index (κ1) is 25.2.